The van der Waals surface area contributed by atoms with E-state index in [1.165, 1.54) is 4.90 Å². The van der Waals surface area contributed by atoms with Crippen molar-refractivity contribution in [3.05, 3.63) is 34.9 Å². The third kappa shape index (κ3) is 3.05. The van der Waals surface area contributed by atoms with Crippen molar-refractivity contribution in [2.24, 2.45) is 0 Å². The molecule has 2 rings (SSSR count). The van der Waals surface area contributed by atoms with Gasteiger partial charge in [-0.25, -0.2) is 0 Å². The molecule has 0 aromatic heterocycles. The third-order valence-electron chi connectivity index (χ3n) is 2.69. The molecule has 0 saturated carbocycles. The van der Waals surface area contributed by atoms with Gasteiger partial charge in [0.25, 0.3) is 0 Å². The van der Waals surface area contributed by atoms with Crippen LogP contribution in [0.4, 0.5) is 0 Å². The molecular formula is C12H13ClN2O2. The van der Waals surface area contributed by atoms with Gasteiger partial charge in [-0.3, -0.25) is 19.8 Å². The Morgan fingerprint density at radius 1 is 1.12 bits per heavy atom. The molecule has 0 spiro atoms. The summed E-state index contributed by atoms with van der Waals surface area (Å²) in [6.45, 7) is 0.916. The largest absolute Gasteiger partial charge is 0.300 e. The normalized spacial score (nSPS) is 16.4. The maximum Gasteiger partial charge on any atom is 0.243 e. The summed E-state index contributed by atoms with van der Waals surface area (Å²) >= 11 is 5.78. The second-order valence-corrected chi connectivity index (χ2v) is 4.36. The minimum absolute atomic E-state index is 0.157. The molecule has 1 N–H and O–H groups in total. The number of hydrogen-bond acceptors (Lipinski definition) is 3. The van der Waals surface area contributed by atoms with Crippen LogP contribution in [0, 0.1) is 0 Å². The zero-order chi connectivity index (χ0) is 12.3. The number of piperazine rings is 1. The van der Waals surface area contributed by atoms with Gasteiger partial charge in [-0.15, -0.1) is 0 Å². The van der Waals surface area contributed by atoms with Crippen LogP contribution >= 0.6 is 11.6 Å². The lowest BCUT2D eigenvalue weighted by Gasteiger charge is -2.25. The Hall–Kier alpha value is -1.39. The molecule has 0 bridgehead atoms. The van der Waals surface area contributed by atoms with Gasteiger partial charge >= 0.3 is 0 Å². The van der Waals surface area contributed by atoms with Crippen LogP contribution in [0.2, 0.25) is 5.02 Å². The summed E-state index contributed by atoms with van der Waals surface area (Å²) in [5.74, 6) is -0.314. The van der Waals surface area contributed by atoms with Gasteiger partial charge in [-0.2, -0.15) is 0 Å². The number of halogens is 1. The molecule has 1 aliphatic rings. The Morgan fingerprint density at radius 2 is 1.71 bits per heavy atom. The fourth-order valence-electron chi connectivity index (χ4n) is 1.75. The molecule has 1 heterocycles. The lowest BCUT2D eigenvalue weighted by Crippen LogP contribution is -2.52. The average Bonchev–Trinajstić information content (AvgIpc) is 2.31. The van der Waals surface area contributed by atoms with E-state index in [0.29, 0.717) is 18.0 Å². The standard InChI is InChI=1S/C12H13ClN2O2/c13-10-3-1-9(2-4-10)5-6-15-11(16)7-14-8-12(15)17/h1-4,14H,5-8H2. The van der Waals surface area contributed by atoms with Crippen LogP contribution in [0.3, 0.4) is 0 Å². The van der Waals surface area contributed by atoms with Gasteiger partial charge in [0.2, 0.25) is 11.8 Å². The molecule has 0 aliphatic carbocycles. The molecule has 0 radical (unpaired) electrons. The lowest BCUT2D eigenvalue weighted by atomic mass is 10.1. The SMILES string of the molecule is O=C1CNCC(=O)N1CCc1ccc(Cl)cc1. The Balaban J connectivity index is 1.95. The zero-order valence-electron chi connectivity index (χ0n) is 9.28. The van der Waals surface area contributed by atoms with Gasteiger partial charge in [-0.1, -0.05) is 23.7 Å². The summed E-state index contributed by atoms with van der Waals surface area (Å²) in [5.41, 5.74) is 1.06. The van der Waals surface area contributed by atoms with Crippen LogP contribution in [0.5, 0.6) is 0 Å². The van der Waals surface area contributed by atoms with Gasteiger partial charge in [0, 0.05) is 11.6 Å². The number of amides is 2. The quantitative estimate of drug-likeness (QED) is 0.811. The van der Waals surface area contributed by atoms with E-state index in [9.17, 15) is 9.59 Å². The number of rotatable bonds is 3. The molecule has 1 aromatic carbocycles. The Bertz CT molecular complexity index is 415. The predicted octanol–water partition coefficient (Wildman–Crippen LogP) is 0.841. The molecule has 1 aromatic rings. The first-order valence-corrected chi connectivity index (χ1v) is 5.83. The van der Waals surface area contributed by atoms with E-state index in [1.54, 1.807) is 12.1 Å². The first kappa shape index (κ1) is 12.1. The molecule has 90 valence electrons. The molecule has 17 heavy (non-hydrogen) atoms. The number of carbonyl (C=O) groups excluding carboxylic acids is 2. The van der Waals surface area contributed by atoms with Crippen molar-refractivity contribution >= 4 is 23.4 Å². The van der Waals surface area contributed by atoms with Crippen LogP contribution in [0.15, 0.2) is 24.3 Å². The Morgan fingerprint density at radius 3 is 2.29 bits per heavy atom. The first-order chi connectivity index (χ1) is 8.16. The Kier molecular flexibility index (Phi) is 3.76. The van der Waals surface area contributed by atoms with E-state index in [4.69, 9.17) is 11.6 Å². The van der Waals surface area contributed by atoms with E-state index >= 15 is 0 Å². The highest BCUT2D eigenvalue weighted by Crippen LogP contribution is 2.10. The van der Waals surface area contributed by atoms with E-state index in [-0.39, 0.29) is 24.9 Å². The van der Waals surface area contributed by atoms with Gasteiger partial charge in [0.05, 0.1) is 13.1 Å². The van der Waals surface area contributed by atoms with E-state index in [2.05, 4.69) is 5.32 Å². The van der Waals surface area contributed by atoms with Crippen molar-refractivity contribution in [3.8, 4) is 0 Å². The molecule has 1 fully saturated rings. The van der Waals surface area contributed by atoms with Crippen LogP contribution in [0.25, 0.3) is 0 Å². The zero-order valence-corrected chi connectivity index (χ0v) is 10.0. The predicted molar refractivity (Wildman–Crippen MR) is 64.7 cm³/mol. The molecule has 2 amide bonds. The maximum absolute atomic E-state index is 11.5. The van der Waals surface area contributed by atoms with E-state index in [0.717, 1.165) is 5.56 Å². The smallest absolute Gasteiger partial charge is 0.243 e. The van der Waals surface area contributed by atoms with Crippen molar-refractivity contribution < 1.29 is 9.59 Å². The molecule has 1 saturated heterocycles. The van der Waals surface area contributed by atoms with Gasteiger partial charge in [0.1, 0.15) is 0 Å². The fraction of sp³-hybridized carbons (Fsp3) is 0.333. The summed E-state index contributed by atoms with van der Waals surface area (Å²) in [4.78, 5) is 24.3. The highest BCUT2D eigenvalue weighted by atomic mass is 35.5. The van der Waals surface area contributed by atoms with E-state index in [1.807, 2.05) is 12.1 Å². The fourth-order valence-corrected chi connectivity index (χ4v) is 1.87. The monoisotopic (exact) mass is 252 g/mol. The number of imide groups is 1. The lowest BCUT2D eigenvalue weighted by molar-refractivity contribution is -0.146. The van der Waals surface area contributed by atoms with Crippen LogP contribution in [0.1, 0.15) is 5.56 Å². The summed E-state index contributed by atoms with van der Waals surface area (Å²) in [6, 6.07) is 7.41. The second kappa shape index (κ2) is 5.29. The number of carbonyl (C=O) groups is 2. The topological polar surface area (TPSA) is 49.4 Å². The second-order valence-electron chi connectivity index (χ2n) is 3.92. The minimum Gasteiger partial charge on any atom is -0.300 e. The molecule has 4 nitrogen and oxygen atoms in total. The molecule has 0 atom stereocenters. The maximum atomic E-state index is 11.5. The van der Waals surface area contributed by atoms with Crippen LogP contribution in [-0.2, 0) is 16.0 Å². The molecule has 1 aliphatic heterocycles. The van der Waals surface area contributed by atoms with Crippen molar-refractivity contribution in [1.29, 1.82) is 0 Å². The Labute approximate surface area is 105 Å². The molecule has 0 unspecified atom stereocenters. The van der Waals surface area contributed by atoms with Crippen molar-refractivity contribution in [2.45, 2.75) is 6.42 Å². The van der Waals surface area contributed by atoms with Gasteiger partial charge in [-0.05, 0) is 24.1 Å². The average molecular weight is 253 g/mol. The first-order valence-electron chi connectivity index (χ1n) is 5.45. The van der Waals surface area contributed by atoms with Crippen LogP contribution < -0.4 is 5.32 Å². The van der Waals surface area contributed by atoms with Crippen molar-refractivity contribution in [1.82, 2.24) is 10.2 Å². The molecule has 5 heteroatoms. The van der Waals surface area contributed by atoms with Crippen molar-refractivity contribution in [3.63, 3.8) is 0 Å². The van der Waals surface area contributed by atoms with E-state index < -0.39 is 0 Å². The summed E-state index contributed by atoms with van der Waals surface area (Å²) in [5, 5.41) is 3.45. The molecular weight excluding hydrogens is 240 g/mol. The van der Waals surface area contributed by atoms with Crippen LogP contribution in [-0.4, -0.2) is 36.3 Å². The minimum atomic E-state index is -0.157. The summed E-state index contributed by atoms with van der Waals surface area (Å²) in [6.07, 6.45) is 0.661. The number of nitrogens with one attached hydrogen (secondary N) is 1. The van der Waals surface area contributed by atoms with Gasteiger partial charge < -0.3 is 0 Å². The highest BCUT2D eigenvalue weighted by Gasteiger charge is 2.24. The summed E-state index contributed by atoms with van der Waals surface area (Å²) < 4.78 is 0. The number of hydrogen-bond donors (Lipinski definition) is 1. The summed E-state index contributed by atoms with van der Waals surface area (Å²) in [7, 11) is 0. The number of nitrogens with zero attached hydrogens (tertiary/aromatic N) is 1. The third-order valence-corrected chi connectivity index (χ3v) is 2.94. The highest BCUT2D eigenvalue weighted by molar-refractivity contribution is 6.30. The van der Waals surface area contributed by atoms with Gasteiger partial charge in [0.15, 0.2) is 0 Å². The number of benzene rings is 1. The van der Waals surface area contributed by atoms with Crippen molar-refractivity contribution in [2.75, 3.05) is 19.6 Å².